The molecule has 122 valence electrons. The van der Waals surface area contributed by atoms with E-state index >= 15 is 0 Å². The van der Waals surface area contributed by atoms with Gasteiger partial charge in [-0.3, -0.25) is 9.59 Å². The molecular weight excluding hydrogens is 278 g/mol. The van der Waals surface area contributed by atoms with Crippen LogP contribution in [0.4, 0.5) is 0 Å². The van der Waals surface area contributed by atoms with Crippen LogP contribution in [0.15, 0.2) is 30.3 Å². The molecule has 1 aromatic carbocycles. The Labute approximate surface area is 133 Å². The first-order chi connectivity index (χ1) is 10.4. The number of nitrogens with zero attached hydrogens (tertiary/aromatic N) is 1. The number of aliphatic carboxylic acids is 1. The topological polar surface area (TPSA) is 57.6 Å². The number of carboxylic acids is 1. The van der Waals surface area contributed by atoms with Crippen molar-refractivity contribution in [3.05, 3.63) is 35.9 Å². The highest BCUT2D eigenvalue weighted by molar-refractivity contribution is 5.78. The third-order valence-electron chi connectivity index (χ3n) is 3.72. The van der Waals surface area contributed by atoms with E-state index in [1.54, 1.807) is 4.90 Å². The minimum atomic E-state index is -0.864. The molecule has 0 radical (unpaired) electrons. The summed E-state index contributed by atoms with van der Waals surface area (Å²) in [5, 5.41) is 8.85. The van der Waals surface area contributed by atoms with Crippen molar-refractivity contribution in [2.24, 2.45) is 5.92 Å². The highest BCUT2D eigenvalue weighted by Gasteiger charge is 2.20. The molecule has 1 rings (SSSR count). The van der Waals surface area contributed by atoms with E-state index in [9.17, 15) is 9.59 Å². The maximum absolute atomic E-state index is 12.6. The van der Waals surface area contributed by atoms with Crippen LogP contribution in [0, 0.1) is 5.92 Å². The largest absolute Gasteiger partial charge is 0.481 e. The van der Waals surface area contributed by atoms with Gasteiger partial charge in [0.15, 0.2) is 0 Å². The Morgan fingerprint density at radius 2 is 1.82 bits per heavy atom. The number of rotatable bonds is 9. The lowest BCUT2D eigenvalue weighted by Crippen LogP contribution is -2.36. The number of hydrogen-bond donors (Lipinski definition) is 1. The summed E-state index contributed by atoms with van der Waals surface area (Å²) in [6.07, 6.45) is 1.33. The zero-order valence-electron chi connectivity index (χ0n) is 13.8. The number of carbonyl (C=O) groups excluding carboxylic acids is 1. The highest BCUT2D eigenvalue weighted by atomic mass is 16.4. The molecule has 0 aliphatic heterocycles. The lowest BCUT2D eigenvalue weighted by Gasteiger charge is -2.26. The standard InChI is InChI=1S/C18H27NO3/c1-4-15(16-8-6-5-7-9-16)12-17(20)19(13-14(2)3)11-10-18(21)22/h5-9,14-15H,4,10-13H2,1-3H3,(H,21,22). The molecule has 0 aromatic heterocycles. The molecule has 0 bridgehead atoms. The summed E-state index contributed by atoms with van der Waals surface area (Å²) in [5.41, 5.74) is 1.17. The molecule has 1 atom stereocenters. The maximum Gasteiger partial charge on any atom is 0.305 e. The van der Waals surface area contributed by atoms with E-state index in [4.69, 9.17) is 5.11 Å². The maximum atomic E-state index is 12.6. The Balaban J connectivity index is 2.73. The lowest BCUT2D eigenvalue weighted by molar-refractivity contribution is -0.138. The number of amides is 1. The fourth-order valence-electron chi connectivity index (χ4n) is 2.55. The van der Waals surface area contributed by atoms with Gasteiger partial charge in [0.25, 0.3) is 0 Å². The number of carboxylic acid groups (broad SMARTS) is 1. The smallest absolute Gasteiger partial charge is 0.305 e. The van der Waals surface area contributed by atoms with Crippen LogP contribution in [0.25, 0.3) is 0 Å². The van der Waals surface area contributed by atoms with Crippen LogP contribution in [0.2, 0.25) is 0 Å². The van der Waals surface area contributed by atoms with Crippen molar-refractivity contribution in [1.82, 2.24) is 4.90 Å². The van der Waals surface area contributed by atoms with Crippen LogP contribution >= 0.6 is 0 Å². The first kappa shape index (κ1) is 18.2. The van der Waals surface area contributed by atoms with Crippen LogP contribution in [0.1, 0.15) is 51.5 Å². The molecule has 0 aliphatic carbocycles. The van der Waals surface area contributed by atoms with Crippen LogP contribution < -0.4 is 0 Å². The molecule has 0 fully saturated rings. The molecule has 1 unspecified atom stereocenters. The van der Waals surface area contributed by atoms with Gasteiger partial charge >= 0.3 is 5.97 Å². The summed E-state index contributed by atoms with van der Waals surface area (Å²) >= 11 is 0. The zero-order valence-corrected chi connectivity index (χ0v) is 13.8. The molecule has 0 spiro atoms. The Morgan fingerprint density at radius 3 is 2.32 bits per heavy atom. The zero-order chi connectivity index (χ0) is 16.5. The summed E-state index contributed by atoms with van der Waals surface area (Å²) in [5.74, 6) is -0.301. The van der Waals surface area contributed by atoms with Crippen LogP contribution in [-0.4, -0.2) is 35.0 Å². The van der Waals surface area contributed by atoms with E-state index in [0.29, 0.717) is 18.9 Å². The van der Waals surface area contributed by atoms with Gasteiger partial charge in [-0.1, -0.05) is 51.1 Å². The van der Waals surface area contributed by atoms with Gasteiger partial charge in [0.05, 0.1) is 6.42 Å². The molecule has 0 heterocycles. The summed E-state index contributed by atoms with van der Waals surface area (Å²) in [6, 6.07) is 10.0. The second-order valence-electron chi connectivity index (χ2n) is 6.10. The fourth-order valence-corrected chi connectivity index (χ4v) is 2.55. The number of carbonyl (C=O) groups is 2. The van der Waals surface area contributed by atoms with Crippen molar-refractivity contribution in [3.63, 3.8) is 0 Å². The normalized spacial score (nSPS) is 12.2. The summed E-state index contributed by atoms with van der Waals surface area (Å²) in [4.78, 5) is 25.0. The Bertz CT molecular complexity index is 470. The molecule has 1 amide bonds. The lowest BCUT2D eigenvalue weighted by atomic mass is 9.92. The van der Waals surface area contributed by atoms with Crippen LogP contribution in [-0.2, 0) is 9.59 Å². The van der Waals surface area contributed by atoms with Gasteiger partial charge in [-0.25, -0.2) is 0 Å². The average Bonchev–Trinajstić information content (AvgIpc) is 2.49. The summed E-state index contributed by atoms with van der Waals surface area (Å²) in [7, 11) is 0. The predicted molar refractivity (Wildman–Crippen MR) is 87.8 cm³/mol. The average molecular weight is 305 g/mol. The van der Waals surface area contributed by atoms with Crippen LogP contribution in [0.3, 0.4) is 0 Å². The van der Waals surface area contributed by atoms with E-state index < -0.39 is 5.97 Å². The molecule has 0 saturated heterocycles. The number of hydrogen-bond acceptors (Lipinski definition) is 2. The molecular formula is C18H27NO3. The molecule has 22 heavy (non-hydrogen) atoms. The van der Waals surface area contributed by atoms with Gasteiger partial charge in [0, 0.05) is 19.5 Å². The minimum Gasteiger partial charge on any atom is -0.481 e. The van der Waals surface area contributed by atoms with Gasteiger partial charge in [0.2, 0.25) is 5.91 Å². The van der Waals surface area contributed by atoms with Gasteiger partial charge in [-0.05, 0) is 23.8 Å². The SMILES string of the molecule is CCC(CC(=O)N(CCC(=O)O)CC(C)C)c1ccccc1. The molecule has 4 heteroatoms. The van der Waals surface area contributed by atoms with Gasteiger partial charge < -0.3 is 10.0 Å². The Morgan fingerprint density at radius 1 is 1.18 bits per heavy atom. The first-order valence-corrected chi connectivity index (χ1v) is 7.98. The molecule has 0 aliphatic rings. The van der Waals surface area contributed by atoms with Crippen molar-refractivity contribution in [1.29, 1.82) is 0 Å². The van der Waals surface area contributed by atoms with Crippen molar-refractivity contribution >= 4 is 11.9 Å². The van der Waals surface area contributed by atoms with Crippen molar-refractivity contribution in [3.8, 4) is 0 Å². The van der Waals surface area contributed by atoms with E-state index in [-0.39, 0.29) is 24.8 Å². The molecule has 4 nitrogen and oxygen atoms in total. The fraction of sp³-hybridized carbons (Fsp3) is 0.556. The highest BCUT2D eigenvalue weighted by Crippen LogP contribution is 2.24. The monoisotopic (exact) mass is 305 g/mol. The van der Waals surface area contributed by atoms with Crippen molar-refractivity contribution < 1.29 is 14.7 Å². The second-order valence-corrected chi connectivity index (χ2v) is 6.10. The molecule has 1 aromatic rings. The Hall–Kier alpha value is -1.84. The third-order valence-corrected chi connectivity index (χ3v) is 3.72. The van der Waals surface area contributed by atoms with Gasteiger partial charge in [-0.15, -0.1) is 0 Å². The number of benzene rings is 1. The quantitative estimate of drug-likeness (QED) is 0.759. The van der Waals surface area contributed by atoms with E-state index in [1.165, 1.54) is 5.56 Å². The van der Waals surface area contributed by atoms with E-state index in [2.05, 4.69) is 6.92 Å². The molecule has 1 N–H and O–H groups in total. The van der Waals surface area contributed by atoms with Crippen molar-refractivity contribution in [2.75, 3.05) is 13.1 Å². The van der Waals surface area contributed by atoms with Crippen molar-refractivity contribution in [2.45, 2.75) is 46.0 Å². The summed E-state index contributed by atoms with van der Waals surface area (Å²) < 4.78 is 0. The van der Waals surface area contributed by atoms with Gasteiger partial charge in [-0.2, -0.15) is 0 Å². The third kappa shape index (κ3) is 6.29. The summed E-state index contributed by atoms with van der Waals surface area (Å²) in [6.45, 7) is 7.05. The van der Waals surface area contributed by atoms with E-state index in [1.807, 2.05) is 44.2 Å². The first-order valence-electron chi connectivity index (χ1n) is 7.98. The van der Waals surface area contributed by atoms with Gasteiger partial charge in [0.1, 0.15) is 0 Å². The molecule has 0 saturated carbocycles. The minimum absolute atomic E-state index is 0.000584. The van der Waals surface area contributed by atoms with Crippen LogP contribution in [0.5, 0.6) is 0 Å². The second kappa shape index (κ2) is 9.23. The predicted octanol–water partition coefficient (Wildman–Crippen LogP) is 3.53. The Kier molecular flexibility index (Phi) is 7.64. The van der Waals surface area contributed by atoms with E-state index in [0.717, 1.165) is 6.42 Å².